The first-order chi connectivity index (χ1) is 8.16. The first-order valence-corrected chi connectivity index (χ1v) is 6.07. The summed E-state index contributed by atoms with van der Waals surface area (Å²) < 4.78 is 5.91. The van der Waals surface area contributed by atoms with Gasteiger partial charge >= 0.3 is 0 Å². The predicted octanol–water partition coefficient (Wildman–Crippen LogP) is 2.21. The molecule has 5 nitrogen and oxygen atoms in total. The third kappa shape index (κ3) is 3.10. The highest BCUT2D eigenvalue weighted by Crippen LogP contribution is 2.23. The van der Waals surface area contributed by atoms with Crippen LogP contribution in [0.5, 0.6) is 0 Å². The van der Waals surface area contributed by atoms with Crippen molar-refractivity contribution in [1.29, 1.82) is 0 Å². The molecule has 0 aromatic carbocycles. The summed E-state index contributed by atoms with van der Waals surface area (Å²) in [6.45, 7) is 1.73. The summed E-state index contributed by atoms with van der Waals surface area (Å²) >= 11 is 3.38. The summed E-state index contributed by atoms with van der Waals surface area (Å²) in [6.07, 6.45) is 2.47. The van der Waals surface area contributed by atoms with Crippen LogP contribution < -0.4 is 0 Å². The number of aromatic nitrogens is 3. The zero-order chi connectivity index (χ0) is 12.3. The van der Waals surface area contributed by atoms with Crippen molar-refractivity contribution in [2.24, 2.45) is 0 Å². The van der Waals surface area contributed by atoms with Crippen LogP contribution in [0.1, 0.15) is 19.2 Å². The van der Waals surface area contributed by atoms with E-state index < -0.39 is 0 Å². The molecule has 2 aromatic rings. The number of halogens is 1. The summed E-state index contributed by atoms with van der Waals surface area (Å²) in [5.74, 6) is 0.969. The molecule has 1 unspecified atom stereocenters. The number of aliphatic hydroxyl groups is 1. The highest BCUT2D eigenvalue weighted by molar-refractivity contribution is 9.10. The normalized spacial score (nSPS) is 12.6. The standard InChI is InChI=1S/C11H12BrN3O2/c1-7(16)4-5-9-14-11(15-17-9)10-8(12)3-2-6-13-10/h2-3,6-7,16H,4-5H2,1H3. The van der Waals surface area contributed by atoms with E-state index in [0.29, 0.717) is 30.3 Å². The van der Waals surface area contributed by atoms with Crippen LogP contribution >= 0.6 is 15.9 Å². The van der Waals surface area contributed by atoms with E-state index in [9.17, 15) is 5.11 Å². The minimum atomic E-state index is -0.369. The van der Waals surface area contributed by atoms with E-state index in [1.165, 1.54) is 0 Å². The lowest BCUT2D eigenvalue weighted by molar-refractivity contribution is 0.180. The van der Waals surface area contributed by atoms with Gasteiger partial charge in [0.1, 0.15) is 5.69 Å². The molecule has 2 rings (SSSR count). The molecular formula is C11H12BrN3O2. The molecule has 6 heteroatoms. The van der Waals surface area contributed by atoms with E-state index in [4.69, 9.17) is 4.52 Å². The van der Waals surface area contributed by atoms with Gasteiger partial charge in [0.15, 0.2) is 0 Å². The largest absolute Gasteiger partial charge is 0.393 e. The molecule has 0 saturated heterocycles. The highest BCUT2D eigenvalue weighted by atomic mass is 79.9. The van der Waals surface area contributed by atoms with E-state index in [1.54, 1.807) is 13.1 Å². The molecule has 17 heavy (non-hydrogen) atoms. The Kier molecular flexibility index (Phi) is 3.86. The lowest BCUT2D eigenvalue weighted by Crippen LogP contribution is -2.01. The van der Waals surface area contributed by atoms with Crippen molar-refractivity contribution in [2.75, 3.05) is 0 Å². The first-order valence-electron chi connectivity index (χ1n) is 5.28. The van der Waals surface area contributed by atoms with Crippen molar-refractivity contribution in [3.05, 3.63) is 28.7 Å². The summed E-state index contributed by atoms with van der Waals surface area (Å²) in [5.41, 5.74) is 0.652. The summed E-state index contributed by atoms with van der Waals surface area (Å²) in [6, 6.07) is 3.69. The van der Waals surface area contributed by atoms with Gasteiger partial charge < -0.3 is 9.63 Å². The summed E-state index contributed by atoms with van der Waals surface area (Å²) in [4.78, 5) is 8.41. The van der Waals surface area contributed by atoms with Gasteiger partial charge in [-0.1, -0.05) is 5.16 Å². The van der Waals surface area contributed by atoms with E-state index in [0.717, 1.165) is 4.47 Å². The maximum absolute atomic E-state index is 9.17. The van der Waals surface area contributed by atoms with Gasteiger partial charge in [0, 0.05) is 17.1 Å². The third-order valence-electron chi connectivity index (χ3n) is 2.21. The van der Waals surface area contributed by atoms with Crippen molar-refractivity contribution in [1.82, 2.24) is 15.1 Å². The van der Waals surface area contributed by atoms with E-state index >= 15 is 0 Å². The van der Waals surface area contributed by atoms with E-state index in [2.05, 4.69) is 31.1 Å². The van der Waals surface area contributed by atoms with Crippen molar-refractivity contribution in [2.45, 2.75) is 25.9 Å². The van der Waals surface area contributed by atoms with Gasteiger partial charge in [-0.2, -0.15) is 4.98 Å². The molecule has 0 amide bonds. The predicted molar refractivity (Wildman–Crippen MR) is 65.2 cm³/mol. The minimum Gasteiger partial charge on any atom is -0.393 e. The number of pyridine rings is 1. The monoisotopic (exact) mass is 297 g/mol. The molecule has 0 aliphatic carbocycles. The second kappa shape index (κ2) is 5.37. The molecule has 1 atom stereocenters. The number of nitrogens with zero attached hydrogens (tertiary/aromatic N) is 3. The second-order valence-corrected chi connectivity index (χ2v) is 4.59. The molecule has 0 saturated carbocycles. The molecule has 0 bridgehead atoms. The summed E-state index contributed by atoms with van der Waals surface area (Å²) in [7, 11) is 0. The van der Waals surface area contributed by atoms with Gasteiger partial charge in [-0.25, -0.2) is 0 Å². The Morgan fingerprint density at radius 1 is 1.53 bits per heavy atom. The molecule has 2 heterocycles. The fourth-order valence-corrected chi connectivity index (χ4v) is 1.77. The molecule has 1 N–H and O–H groups in total. The minimum absolute atomic E-state index is 0.369. The van der Waals surface area contributed by atoms with Crippen LogP contribution in [0.4, 0.5) is 0 Å². The summed E-state index contributed by atoms with van der Waals surface area (Å²) in [5, 5.41) is 13.0. The Balaban J connectivity index is 2.16. The Morgan fingerprint density at radius 2 is 2.35 bits per heavy atom. The molecule has 0 radical (unpaired) electrons. The van der Waals surface area contributed by atoms with Crippen molar-refractivity contribution >= 4 is 15.9 Å². The van der Waals surface area contributed by atoms with Gasteiger partial charge in [0.25, 0.3) is 0 Å². The Labute approximate surface area is 107 Å². The molecule has 2 aromatic heterocycles. The van der Waals surface area contributed by atoms with E-state index in [1.807, 2.05) is 12.1 Å². The van der Waals surface area contributed by atoms with Gasteiger partial charge in [0.2, 0.25) is 11.7 Å². The molecule has 0 fully saturated rings. The lowest BCUT2D eigenvalue weighted by Gasteiger charge is -1.98. The van der Waals surface area contributed by atoms with Crippen LogP contribution in [-0.2, 0) is 6.42 Å². The molecule has 0 aliphatic rings. The number of hydrogen-bond acceptors (Lipinski definition) is 5. The van der Waals surface area contributed by atoms with Crippen molar-refractivity contribution in [3.8, 4) is 11.5 Å². The smallest absolute Gasteiger partial charge is 0.227 e. The maximum atomic E-state index is 9.17. The first kappa shape index (κ1) is 12.2. The lowest BCUT2D eigenvalue weighted by atomic mass is 10.2. The number of aliphatic hydroxyl groups excluding tert-OH is 1. The molecular weight excluding hydrogens is 286 g/mol. The van der Waals surface area contributed by atoms with Crippen LogP contribution in [-0.4, -0.2) is 26.3 Å². The van der Waals surface area contributed by atoms with E-state index in [-0.39, 0.29) is 6.10 Å². The van der Waals surface area contributed by atoms with Gasteiger partial charge in [-0.15, -0.1) is 0 Å². The zero-order valence-corrected chi connectivity index (χ0v) is 10.9. The molecule has 0 spiro atoms. The van der Waals surface area contributed by atoms with Crippen LogP contribution in [0.15, 0.2) is 27.3 Å². The number of rotatable bonds is 4. The van der Waals surface area contributed by atoms with Crippen LogP contribution in [0.2, 0.25) is 0 Å². The maximum Gasteiger partial charge on any atom is 0.227 e. The Bertz CT molecular complexity index is 499. The molecule has 0 aliphatic heterocycles. The van der Waals surface area contributed by atoms with Gasteiger partial charge in [-0.05, 0) is 41.4 Å². The van der Waals surface area contributed by atoms with Crippen molar-refractivity contribution in [3.63, 3.8) is 0 Å². The average molecular weight is 298 g/mol. The average Bonchev–Trinajstić information content (AvgIpc) is 2.75. The van der Waals surface area contributed by atoms with Crippen LogP contribution in [0.3, 0.4) is 0 Å². The fourth-order valence-electron chi connectivity index (χ4n) is 1.34. The van der Waals surface area contributed by atoms with Crippen molar-refractivity contribution < 1.29 is 9.63 Å². The van der Waals surface area contributed by atoms with Crippen LogP contribution in [0, 0.1) is 0 Å². The number of aryl methyl sites for hydroxylation is 1. The second-order valence-electron chi connectivity index (χ2n) is 3.73. The SMILES string of the molecule is CC(O)CCc1nc(-c2ncccc2Br)no1. The quantitative estimate of drug-likeness (QED) is 0.937. The topological polar surface area (TPSA) is 72.0 Å². The molecule has 90 valence electrons. The zero-order valence-electron chi connectivity index (χ0n) is 9.30. The Morgan fingerprint density at radius 3 is 3.06 bits per heavy atom. The third-order valence-corrected chi connectivity index (χ3v) is 2.85. The van der Waals surface area contributed by atoms with Gasteiger partial charge in [-0.3, -0.25) is 4.98 Å². The Hall–Kier alpha value is -1.27. The van der Waals surface area contributed by atoms with Gasteiger partial charge in [0.05, 0.1) is 6.10 Å². The number of hydrogen-bond donors (Lipinski definition) is 1. The highest BCUT2D eigenvalue weighted by Gasteiger charge is 2.12. The fraction of sp³-hybridized carbons (Fsp3) is 0.364. The van der Waals surface area contributed by atoms with Crippen LogP contribution in [0.25, 0.3) is 11.5 Å².